The number of hydrogen-bond donors (Lipinski definition) is 0. The van der Waals surface area contributed by atoms with E-state index in [4.69, 9.17) is 9.47 Å². The lowest BCUT2D eigenvalue weighted by Crippen LogP contribution is -2.42. The highest BCUT2D eigenvalue weighted by molar-refractivity contribution is 5.04. The Morgan fingerprint density at radius 3 is 2.42 bits per heavy atom. The third-order valence-corrected chi connectivity index (χ3v) is 4.28. The minimum atomic E-state index is 0.164. The van der Waals surface area contributed by atoms with E-state index in [9.17, 15) is 0 Å². The Labute approximate surface area is 118 Å². The lowest BCUT2D eigenvalue weighted by molar-refractivity contribution is -0.141. The minimum Gasteiger partial charge on any atom is -0.493 e. The monoisotopic (exact) mass is 266 g/mol. The van der Waals surface area contributed by atoms with E-state index in [1.165, 1.54) is 38.5 Å². The highest BCUT2D eigenvalue weighted by Gasteiger charge is 2.34. The van der Waals surface area contributed by atoms with Gasteiger partial charge >= 0.3 is 0 Å². The van der Waals surface area contributed by atoms with Crippen LogP contribution in [0.25, 0.3) is 0 Å². The highest BCUT2D eigenvalue weighted by atomic mass is 16.6. The van der Waals surface area contributed by atoms with Gasteiger partial charge in [-0.2, -0.15) is 0 Å². The molecule has 2 rings (SSSR count). The van der Waals surface area contributed by atoms with Crippen molar-refractivity contribution in [1.29, 1.82) is 0 Å². The smallest absolute Gasteiger partial charge is 0.121 e. The highest BCUT2D eigenvalue weighted by Crippen LogP contribution is 2.32. The number of rotatable bonds is 0. The molecule has 2 unspecified atom stereocenters. The van der Waals surface area contributed by atoms with E-state index in [0.717, 1.165) is 18.6 Å². The summed E-state index contributed by atoms with van der Waals surface area (Å²) >= 11 is 0. The molecule has 2 aliphatic rings. The molecule has 0 bridgehead atoms. The van der Waals surface area contributed by atoms with Crippen molar-refractivity contribution in [3.63, 3.8) is 0 Å². The first-order chi connectivity index (χ1) is 9.07. The van der Waals surface area contributed by atoms with Gasteiger partial charge < -0.3 is 9.47 Å². The van der Waals surface area contributed by atoms with E-state index in [1.807, 2.05) is 0 Å². The predicted molar refractivity (Wildman–Crippen MR) is 79.1 cm³/mol. The van der Waals surface area contributed by atoms with Gasteiger partial charge in [-0.05, 0) is 30.8 Å². The third-order valence-electron chi connectivity index (χ3n) is 4.28. The maximum absolute atomic E-state index is 6.33. The van der Waals surface area contributed by atoms with Gasteiger partial charge in [0.1, 0.15) is 18.5 Å². The van der Waals surface area contributed by atoms with Gasteiger partial charge in [-0.15, -0.1) is 0 Å². The van der Waals surface area contributed by atoms with E-state index < -0.39 is 0 Å². The maximum Gasteiger partial charge on any atom is 0.121 e. The number of allylic oxidation sites excluding steroid dienone is 1. The van der Waals surface area contributed by atoms with E-state index >= 15 is 0 Å². The lowest BCUT2D eigenvalue weighted by atomic mass is 9.88. The van der Waals surface area contributed by atoms with Crippen LogP contribution in [0.3, 0.4) is 0 Å². The van der Waals surface area contributed by atoms with Gasteiger partial charge in [0.15, 0.2) is 0 Å². The summed E-state index contributed by atoms with van der Waals surface area (Å²) in [4.78, 5) is 0. The summed E-state index contributed by atoms with van der Waals surface area (Å²) in [5, 5.41) is 0. The van der Waals surface area contributed by atoms with Crippen molar-refractivity contribution in [3.8, 4) is 0 Å². The molecule has 0 N–H and O–H groups in total. The summed E-state index contributed by atoms with van der Waals surface area (Å²) in [6.45, 7) is 7.43. The standard InChI is InChI=1S/C17H30O2/c1-17(2,3)16-13-18-14-11-9-7-5-4-6-8-10-12-15(14)19-16/h11,15-16H,4-10,12-13H2,1-3H3/b14-11+. The summed E-state index contributed by atoms with van der Waals surface area (Å²) < 4.78 is 12.4. The van der Waals surface area contributed by atoms with Crippen LogP contribution in [-0.4, -0.2) is 18.8 Å². The van der Waals surface area contributed by atoms with Crippen molar-refractivity contribution >= 4 is 0 Å². The van der Waals surface area contributed by atoms with Crippen molar-refractivity contribution < 1.29 is 9.47 Å². The average molecular weight is 266 g/mol. The van der Waals surface area contributed by atoms with Crippen molar-refractivity contribution in [2.75, 3.05) is 6.61 Å². The number of hydrogen-bond acceptors (Lipinski definition) is 2. The van der Waals surface area contributed by atoms with Crippen LogP contribution in [0, 0.1) is 5.41 Å². The summed E-state index contributed by atoms with van der Waals surface area (Å²) in [6.07, 6.45) is 13.0. The van der Waals surface area contributed by atoms with Crippen LogP contribution >= 0.6 is 0 Å². The second-order valence-corrected chi connectivity index (χ2v) is 7.10. The van der Waals surface area contributed by atoms with Crippen LogP contribution in [0.5, 0.6) is 0 Å². The number of fused-ring (bicyclic) bond motifs is 1. The molecule has 0 aromatic heterocycles. The zero-order valence-electron chi connectivity index (χ0n) is 12.9. The van der Waals surface area contributed by atoms with Crippen molar-refractivity contribution in [2.45, 2.75) is 84.3 Å². The fourth-order valence-corrected chi connectivity index (χ4v) is 2.85. The Balaban J connectivity index is 2.00. The molecule has 0 spiro atoms. The summed E-state index contributed by atoms with van der Waals surface area (Å²) in [5.41, 5.74) is 0.164. The quantitative estimate of drug-likeness (QED) is 0.625. The molecule has 2 atom stereocenters. The number of ether oxygens (including phenoxy) is 2. The minimum absolute atomic E-state index is 0.164. The Bertz CT molecular complexity index is 301. The summed E-state index contributed by atoms with van der Waals surface area (Å²) in [7, 11) is 0. The Hall–Kier alpha value is -0.500. The van der Waals surface area contributed by atoms with Crippen LogP contribution in [-0.2, 0) is 9.47 Å². The molecule has 1 saturated heterocycles. The maximum atomic E-state index is 6.33. The van der Waals surface area contributed by atoms with Crippen LogP contribution in [0.4, 0.5) is 0 Å². The van der Waals surface area contributed by atoms with Gasteiger partial charge in [0.2, 0.25) is 0 Å². The lowest BCUT2D eigenvalue weighted by Gasteiger charge is -2.39. The largest absolute Gasteiger partial charge is 0.493 e. The first-order valence-corrected chi connectivity index (χ1v) is 8.05. The van der Waals surface area contributed by atoms with E-state index in [-0.39, 0.29) is 17.6 Å². The molecule has 0 aromatic carbocycles. The Morgan fingerprint density at radius 1 is 1.00 bits per heavy atom. The topological polar surface area (TPSA) is 18.5 Å². The van der Waals surface area contributed by atoms with Crippen LogP contribution in [0.1, 0.15) is 72.1 Å². The second-order valence-electron chi connectivity index (χ2n) is 7.10. The van der Waals surface area contributed by atoms with Gasteiger partial charge in [0.25, 0.3) is 0 Å². The van der Waals surface area contributed by atoms with Gasteiger partial charge in [0.05, 0.1) is 6.10 Å². The molecule has 110 valence electrons. The molecule has 0 amide bonds. The predicted octanol–water partition coefficient (Wildman–Crippen LogP) is 4.83. The van der Waals surface area contributed by atoms with Gasteiger partial charge in [-0.1, -0.05) is 52.9 Å². The first kappa shape index (κ1) is 14.9. The molecule has 0 aromatic rings. The molecule has 19 heavy (non-hydrogen) atoms. The third kappa shape index (κ3) is 4.52. The normalized spacial score (nSPS) is 33.3. The Morgan fingerprint density at radius 2 is 1.68 bits per heavy atom. The van der Waals surface area contributed by atoms with Gasteiger partial charge in [0, 0.05) is 0 Å². The zero-order valence-corrected chi connectivity index (χ0v) is 12.9. The fraction of sp³-hybridized carbons (Fsp3) is 0.882. The fourth-order valence-electron chi connectivity index (χ4n) is 2.85. The molecule has 1 aliphatic carbocycles. The summed E-state index contributed by atoms with van der Waals surface area (Å²) in [5.74, 6) is 1.11. The molecular weight excluding hydrogens is 236 g/mol. The van der Waals surface area contributed by atoms with E-state index in [1.54, 1.807) is 0 Å². The average Bonchev–Trinajstić information content (AvgIpc) is 2.41. The van der Waals surface area contributed by atoms with E-state index in [2.05, 4.69) is 26.8 Å². The summed E-state index contributed by atoms with van der Waals surface area (Å²) in [6, 6.07) is 0. The molecule has 1 aliphatic heterocycles. The van der Waals surface area contributed by atoms with Gasteiger partial charge in [-0.3, -0.25) is 0 Å². The molecule has 2 nitrogen and oxygen atoms in total. The van der Waals surface area contributed by atoms with Crippen molar-refractivity contribution in [1.82, 2.24) is 0 Å². The molecule has 0 saturated carbocycles. The zero-order chi connectivity index (χ0) is 13.7. The van der Waals surface area contributed by atoms with Crippen molar-refractivity contribution in [2.24, 2.45) is 5.41 Å². The second kappa shape index (κ2) is 6.78. The molecule has 1 heterocycles. The van der Waals surface area contributed by atoms with Crippen LogP contribution < -0.4 is 0 Å². The molecular formula is C17H30O2. The molecule has 2 heteroatoms. The van der Waals surface area contributed by atoms with Crippen molar-refractivity contribution in [3.05, 3.63) is 11.8 Å². The van der Waals surface area contributed by atoms with Gasteiger partial charge in [-0.25, -0.2) is 0 Å². The van der Waals surface area contributed by atoms with E-state index in [0.29, 0.717) is 6.61 Å². The molecule has 0 radical (unpaired) electrons. The van der Waals surface area contributed by atoms with Crippen LogP contribution in [0.15, 0.2) is 11.8 Å². The Kier molecular flexibility index (Phi) is 5.32. The SMILES string of the molecule is CC(C)(C)C1CO/C2=C/CCCCCCCCC2O1. The molecule has 1 fully saturated rings. The first-order valence-electron chi connectivity index (χ1n) is 8.05. The van der Waals surface area contributed by atoms with Crippen LogP contribution in [0.2, 0.25) is 0 Å².